The molecule has 1 fully saturated rings. The van der Waals surface area contributed by atoms with Gasteiger partial charge in [-0.25, -0.2) is 4.98 Å². The van der Waals surface area contributed by atoms with Crippen LogP contribution in [0.3, 0.4) is 0 Å². The third-order valence-electron chi connectivity index (χ3n) is 5.09. The first-order chi connectivity index (χ1) is 13.5. The maximum atomic E-state index is 12.5. The van der Waals surface area contributed by atoms with Crippen molar-refractivity contribution < 1.29 is 9.59 Å². The van der Waals surface area contributed by atoms with E-state index in [1.165, 1.54) is 5.56 Å². The number of hydrogen-bond donors (Lipinski definition) is 2. The minimum absolute atomic E-state index is 0.000294. The van der Waals surface area contributed by atoms with E-state index < -0.39 is 0 Å². The monoisotopic (exact) mass is 380 g/mol. The van der Waals surface area contributed by atoms with Crippen molar-refractivity contribution in [2.24, 2.45) is 5.92 Å². The van der Waals surface area contributed by atoms with Crippen molar-refractivity contribution in [3.63, 3.8) is 0 Å². The highest BCUT2D eigenvalue weighted by Crippen LogP contribution is 2.26. The van der Waals surface area contributed by atoms with Crippen LogP contribution in [0.25, 0.3) is 0 Å². The van der Waals surface area contributed by atoms with Crippen molar-refractivity contribution in [3.8, 4) is 0 Å². The number of pyridine rings is 1. The third-order valence-corrected chi connectivity index (χ3v) is 5.09. The van der Waals surface area contributed by atoms with Crippen LogP contribution >= 0.6 is 0 Å². The molecule has 1 saturated heterocycles. The minimum atomic E-state index is -0.311. The first kappa shape index (κ1) is 19.9. The van der Waals surface area contributed by atoms with E-state index in [9.17, 15) is 9.59 Å². The molecule has 1 aromatic heterocycles. The summed E-state index contributed by atoms with van der Waals surface area (Å²) in [7, 11) is 0. The van der Waals surface area contributed by atoms with Gasteiger partial charge < -0.3 is 15.5 Å². The van der Waals surface area contributed by atoms with Crippen LogP contribution in [0, 0.1) is 12.8 Å². The number of amides is 2. The molecule has 2 aromatic rings. The van der Waals surface area contributed by atoms with Crippen molar-refractivity contribution in [1.82, 2.24) is 10.3 Å². The standard InChI is InChI=1S/C22H28N4O2/c1-15(2)17-6-8-19(9-7-17)26-14-18(13-20(26)27)22(28)25-12-11-24-21-16(3)5-4-10-23-21/h4-10,15,18H,11-14H2,1-3H3,(H,23,24)(H,25,28). The summed E-state index contributed by atoms with van der Waals surface area (Å²) in [5.41, 5.74) is 3.16. The minimum Gasteiger partial charge on any atom is -0.368 e. The van der Waals surface area contributed by atoms with Gasteiger partial charge >= 0.3 is 0 Å². The van der Waals surface area contributed by atoms with Gasteiger partial charge in [0, 0.05) is 37.9 Å². The summed E-state index contributed by atoms with van der Waals surface area (Å²) in [4.78, 5) is 30.8. The Morgan fingerprint density at radius 1 is 1.21 bits per heavy atom. The first-order valence-corrected chi connectivity index (χ1v) is 9.79. The second-order valence-corrected chi connectivity index (χ2v) is 7.54. The van der Waals surface area contributed by atoms with Crippen molar-refractivity contribution in [2.75, 3.05) is 29.9 Å². The second kappa shape index (κ2) is 8.87. The van der Waals surface area contributed by atoms with E-state index in [2.05, 4.69) is 29.5 Å². The van der Waals surface area contributed by atoms with Crippen molar-refractivity contribution in [3.05, 3.63) is 53.7 Å². The smallest absolute Gasteiger partial charge is 0.227 e. The summed E-state index contributed by atoms with van der Waals surface area (Å²) < 4.78 is 0. The van der Waals surface area contributed by atoms with Crippen LogP contribution in [0.1, 0.15) is 37.3 Å². The highest BCUT2D eigenvalue weighted by atomic mass is 16.2. The number of carbonyl (C=O) groups is 2. The molecule has 6 nitrogen and oxygen atoms in total. The molecule has 0 aliphatic carbocycles. The van der Waals surface area contributed by atoms with Gasteiger partial charge in [-0.1, -0.05) is 32.0 Å². The Morgan fingerprint density at radius 2 is 1.96 bits per heavy atom. The van der Waals surface area contributed by atoms with Crippen molar-refractivity contribution in [1.29, 1.82) is 0 Å². The zero-order valence-electron chi connectivity index (χ0n) is 16.7. The molecule has 28 heavy (non-hydrogen) atoms. The van der Waals surface area contributed by atoms with E-state index in [0.717, 1.165) is 17.1 Å². The zero-order chi connectivity index (χ0) is 20.1. The molecule has 1 aliphatic heterocycles. The molecule has 148 valence electrons. The molecule has 2 N–H and O–H groups in total. The number of aryl methyl sites for hydroxylation is 1. The van der Waals surface area contributed by atoms with E-state index >= 15 is 0 Å². The normalized spacial score (nSPS) is 16.5. The molecule has 1 aliphatic rings. The van der Waals surface area contributed by atoms with Crippen molar-refractivity contribution >= 4 is 23.3 Å². The van der Waals surface area contributed by atoms with Crippen LogP contribution in [-0.4, -0.2) is 36.4 Å². The second-order valence-electron chi connectivity index (χ2n) is 7.54. The molecular formula is C22H28N4O2. The fourth-order valence-electron chi connectivity index (χ4n) is 3.35. The number of carbonyl (C=O) groups excluding carboxylic acids is 2. The van der Waals surface area contributed by atoms with Gasteiger partial charge in [0.2, 0.25) is 11.8 Å². The lowest BCUT2D eigenvalue weighted by atomic mass is 10.0. The van der Waals surface area contributed by atoms with E-state index in [1.807, 2.05) is 43.3 Å². The SMILES string of the molecule is Cc1cccnc1NCCNC(=O)C1CC(=O)N(c2ccc(C(C)C)cc2)C1. The zero-order valence-corrected chi connectivity index (χ0v) is 16.7. The number of rotatable bonds is 7. The molecule has 3 rings (SSSR count). The summed E-state index contributed by atoms with van der Waals surface area (Å²) in [5.74, 6) is 0.886. The largest absolute Gasteiger partial charge is 0.368 e. The predicted octanol–water partition coefficient (Wildman–Crippen LogP) is 3.09. The van der Waals surface area contributed by atoms with Crippen molar-refractivity contribution in [2.45, 2.75) is 33.1 Å². The molecule has 0 saturated carbocycles. The van der Waals surface area contributed by atoms with Gasteiger partial charge in [0.05, 0.1) is 5.92 Å². The summed E-state index contributed by atoms with van der Waals surface area (Å²) in [6, 6.07) is 11.9. The summed E-state index contributed by atoms with van der Waals surface area (Å²) in [6.45, 7) is 7.77. The molecule has 2 amide bonds. The molecule has 1 aromatic carbocycles. The topological polar surface area (TPSA) is 74.3 Å². The third kappa shape index (κ3) is 4.68. The number of nitrogens with one attached hydrogen (secondary N) is 2. The Kier molecular flexibility index (Phi) is 6.29. The molecule has 1 atom stereocenters. The van der Waals surface area contributed by atoms with E-state index in [0.29, 0.717) is 25.6 Å². The Balaban J connectivity index is 1.49. The Hall–Kier alpha value is -2.89. The average Bonchev–Trinajstić information content (AvgIpc) is 3.08. The van der Waals surface area contributed by atoms with Crippen LogP contribution < -0.4 is 15.5 Å². The number of anilines is 2. The van der Waals surface area contributed by atoms with Gasteiger partial charge in [0.15, 0.2) is 0 Å². The molecule has 2 heterocycles. The Bertz CT molecular complexity index is 833. The van der Waals surface area contributed by atoms with Crippen LogP contribution in [0.2, 0.25) is 0 Å². The quantitative estimate of drug-likeness (QED) is 0.724. The van der Waals surface area contributed by atoms with E-state index in [-0.39, 0.29) is 24.2 Å². The average molecular weight is 380 g/mol. The fourth-order valence-corrected chi connectivity index (χ4v) is 3.35. The van der Waals surface area contributed by atoms with Crippen LogP contribution in [0.4, 0.5) is 11.5 Å². The Morgan fingerprint density at radius 3 is 2.64 bits per heavy atom. The van der Waals surface area contributed by atoms with E-state index in [4.69, 9.17) is 0 Å². The lowest BCUT2D eigenvalue weighted by Crippen LogP contribution is -2.35. The van der Waals surface area contributed by atoms with Gasteiger partial charge in [-0.2, -0.15) is 0 Å². The number of hydrogen-bond acceptors (Lipinski definition) is 4. The maximum Gasteiger partial charge on any atom is 0.227 e. The summed E-state index contributed by atoms with van der Waals surface area (Å²) in [6.07, 6.45) is 1.99. The number of nitrogens with zero attached hydrogens (tertiary/aromatic N) is 2. The predicted molar refractivity (Wildman–Crippen MR) is 111 cm³/mol. The maximum absolute atomic E-state index is 12.5. The fraction of sp³-hybridized carbons (Fsp3) is 0.409. The van der Waals surface area contributed by atoms with Crippen LogP contribution in [-0.2, 0) is 9.59 Å². The summed E-state index contributed by atoms with van der Waals surface area (Å²) in [5, 5.41) is 6.14. The van der Waals surface area contributed by atoms with Gasteiger partial charge in [-0.05, 0) is 42.2 Å². The first-order valence-electron chi connectivity index (χ1n) is 9.79. The molecule has 6 heteroatoms. The number of aromatic nitrogens is 1. The molecule has 0 bridgehead atoms. The van der Waals surface area contributed by atoms with Gasteiger partial charge in [0.25, 0.3) is 0 Å². The van der Waals surface area contributed by atoms with Crippen LogP contribution in [0.15, 0.2) is 42.6 Å². The number of benzene rings is 1. The Labute approximate surface area is 166 Å². The van der Waals surface area contributed by atoms with Crippen LogP contribution in [0.5, 0.6) is 0 Å². The highest BCUT2D eigenvalue weighted by Gasteiger charge is 2.34. The molecule has 0 spiro atoms. The van der Waals surface area contributed by atoms with Gasteiger partial charge in [-0.3, -0.25) is 9.59 Å². The van der Waals surface area contributed by atoms with Gasteiger partial charge in [0.1, 0.15) is 5.82 Å². The molecule has 0 radical (unpaired) electrons. The highest BCUT2D eigenvalue weighted by molar-refractivity contribution is 6.00. The molecular weight excluding hydrogens is 352 g/mol. The lowest BCUT2D eigenvalue weighted by molar-refractivity contribution is -0.126. The van der Waals surface area contributed by atoms with E-state index in [1.54, 1.807) is 11.1 Å². The summed E-state index contributed by atoms with van der Waals surface area (Å²) >= 11 is 0. The lowest BCUT2D eigenvalue weighted by Gasteiger charge is -2.18. The molecule has 1 unspecified atom stereocenters. The van der Waals surface area contributed by atoms with Gasteiger partial charge in [-0.15, -0.1) is 0 Å².